The van der Waals surface area contributed by atoms with Crippen molar-refractivity contribution in [2.75, 3.05) is 9.44 Å². The molecule has 0 saturated heterocycles. The molecule has 0 radical (unpaired) electrons. The molecule has 13 heteroatoms. The number of nitrogens with one attached hydrogen (secondary N) is 2. The van der Waals surface area contributed by atoms with E-state index in [9.17, 15) is 22.1 Å². The van der Waals surface area contributed by atoms with Gasteiger partial charge in [-0.15, -0.1) is 22.7 Å². The van der Waals surface area contributed by atoms with Crippen LogP contribution in [0.3, 0.4) is 0 Å². The van der Waals surface area contributed by atoms with Gasteiger partial charge >= 0.3 is 0 Å². The van der Waals surface area contributed by atoms with Crippen molar-refractivity contribution >= 4 is 97.5 Å². The number of thiophene rings is 2. The third kappa shape index (κ3) is 4.84. The summed E-state index contributed by atoms with van der Waals surface area (Å²) in [6, 6.07) is 16.2. The summed E-state index contributed by atoms with van der Waals surface area (Å²) in [6.07, 6.45) is 0. The van der Waals surface area contributed by atoms with Gasteiger partial charge in [0.15, 0.2) is 0 Å². The molecule has 0 aliphatic carbocycles. The number of anilines is 2. The lowest BCUT2D eigenvalue weighted by Crippen LogP contribution is -2.17. The molecule has 194 valence electrons. The van der Waals surface area contributed by atoms with Gasteiger partial charge in [-0.25, -0.2) is 16.8 Å². The summed E-state index contributed by atoms with van der Waals surface area (Å²) in [5.41, 5.74) is 1.08. The van der Waals surface area contributed by atoms with Gasteiger partial charge in [-0.05, 0) is 90.3 Å². The van der Waals surface area contributed by atoms with Crippen LogP contribution in [0.1, 0.15) is 16.7 Å². The van der Waals surface area contributed by atoms with Crippen molar-refractivity contribution in [1.29, 1.82) is 5.26 Å². The molecule has 2 aromatic heterocycles. The van der Waals surface area contributed by atoms with Crippen molar-refractivity contribution in [3.8, 4) is 6.07 Å². The van der Waals surface area contributed by atoms with Gasteiger partial charge in [-0.2, -0.15) is 5.26 Å². The number of sulfonamides is 2. The van der Waals surface area contributed by atoms with Crippen molar-refractivity contribution in [3.05, 3.63) is 81.3 Å². The first kappa shape index (κ1) is 26.7. The Morgan fingerprint density at radius 3 is 1.66 bits per heavy atom. The van der Waals surface area contributed by atoms with Gasteiger partial charge in [0.2, 0.25) is 0 Å². The molecule has 0 unspecified atom stereocenters. The van der Waals surface area contributed by atoms with E-state index in [1.54, 1.807) is 50.2 Å². The van der Waals surface area contributed by atoms with Gasteiger partial charge in [0.25, 0.3) is 20.0 Å². The highest BCUT2D eigenvalue weighted by Crippen LogP contribution is 2.39. The molecule has 7 nitrogen and oxygen atoms in total. The molecular formula is C25H17Cl2N3O4S4. The Kier molecular flexibility index (Phi) is 6.84. The summed E-state index contributed by atoms with van der Waals surface area (Å²) in [6.45, 7) is 3.36. The second kappa shape index (κ2) is 9.72. The van der Waals surface area contributed by atoms with E-state index in [1.165, 1.54) is 18.2 Å². The average Bonchev–Trinajstić information content (AvgIpc) is 3.37. The number of halogens is 2. The molecule has 0 spiro atoms. The van der Waals surface area contributed by atoms with E-state index < -0.39 is 20.0 Å². The van der Waals surface area contributed by atoms with E-state index in [0.717, 1.165) is 32.1 Å². The van der Waals surface area contributed by atoms with Crippen molar-refractivity contribution in [1.82, 2.24) is 0 Å². The molecule has 3 aromatic carbocycles. The highest BCUT2D eigenvalue weighted by molar-refractivity contribution is 7.95. The third-order valence-corrected chi connectivity index (χ3v) is 12.8. The number of aryl methyl sites for hydroxylation is 2. The minimum absolute atomic E-state index is 0.0238. The molecule has 38 heavy (non-hydrogen) atoms. The predicted molar refractivity (Wildman–Crippen MR) is 156 cm³/mol. The molecule has 5 rings (SSSR count). The minimum atomic E-state index is -4.15. The van der Waals surface area contributed by atoms with Gasteiger partial charge < -0.3 is 0 Å². The fourth-order valence-corrected chi connectivity index (χ4v) is 10.0. The zero-order valence-electron chi connectivity index (χ0n) is 19.7. The van der Waals surface area contributed by atoms with Gasteiger partial charge in [0, 0.05) is 19.4 Å². The highest BCUT2D eigenvalue weighted by atomic mass is 35.5. The first-order valence-electron chi connectivity index (χ1n) is 10.9. The maximum atomic E-state index is 13.5. The summed E-state index contributed by atoms with van der Waals surface area (Å²) >= 11 is 14.3. The molecule has 0 amide bonds. The summed E-state index contributed by atoms with van der Waals surface area (Å²) < 4.78 is 60.4. The maximum Gasteiger partial charge on any atom is 0.271 e. The van der Waals surface area contributed by atoms with E-state index in [-0.39, 0.29) is 25.4 Å². The molecular weight excluding hydrogens is 605 g/mol. The second-order valence-corrected chi connectivity index (χ2v) is 15.1. The zero-order chi connectivity index (χ0) is 27.4. The number of benzene rings is 3. The van der Waals surface area contributed by atoms with E-state index >= 15 is 0 Å². The number of hydrogen-bond donors (Lipinski definition) is 2. The number of fused-ring (bicyclic) bond motifs is 2. The van der Waals surface area contributed by atoms with Crippen molar-refractivity contribution < 1.29 is 16.8 Å². The molecule has 0 aliphatic heterocycles. The first-order chi connectivity index (χ1) is 17.9. The quantitative estimate of drug-likeness (QED) is 0.203. The van der Waals surface area contributed by atoms with E-state index in [1.807, 2.05) is 6.07 Å². The predicted octanol–water partition coefficient (Wildman–Crippen LogP) is 7.51. The lowest BCUT2D eigenvalue weighted by molar-refractivity contribution is 0.600. The van der Waals surface area contributed by atoms with E-state index in [0.29, 0.717) is 31.9 Å². The van der Waals surface area contributed by atoms with Gasteiger partial charge in [-0.1, -0.05) is 23.2 Å². The van der Waals surface area contributed by atoms with Crippen LogP contribution in [-0.4, -0.2) is 16.8 Å². The summed E-state index contributed by atoms with van der Waals surface area (Å²) in [4.78, 5) is 0. The Morgan fingerprint density at radius 2 is 1.18 bits per heavy atom. The van der Waals surface area contributed by atoms with Crippen LogP contribution in [0.25, 0.3) is 20.2 Å². The average molecular weight is 623 g/mol. The SMILES string of the molecule is Cc1c(S(=O)(=O)Nc2ccc(C#N)cc2NS(=O)(=O)c2sc3ccc(Cl)cc3c2C)sc2ccc(Cl)cc12. The number of hydrogen-bond acceptors (Lipinski definition) is 7. The normalized spacial score (nSPS) is 12.1. The number of rotatable bonds is 6. The number of nitriles is 1. The van der Waals surface area contributed by atoms with Crippen LogP contribution < -0.4 is 9.44 Å². The summed E-state index contributed by atoms with van der Waals surface area (Å²) in [5.74, 6) is 0. The van der Waals surface area contributed by atoms with Crippen molar-refractivity contribution in [2.45, 2.75) is 22.3 Å². The zero-order valence-corrected chi connectivity index (χ0v) is 24.4. The van der Waals surface area contributed by atoms with Crippen molar-refractivity contribution in [3.63, 3.8) is 0 Å². The Bertz CT molecular complexity index is 2030. The Balaban J connectivity index is 1.56. The van der Waals surface area contributed by atoms with Crippen LogP contribution >= 0.6 is 45.9 Å². The lowest BCUT2D eigenvalue weighted by Gasteiger charge is -2.15. The van der Waals surface area contributed by atoms with Crippen molar-refractivity contribution in [2.24, 2.45) is 0 Å². The van der Waals surface area contributed by atoms with Gasteiger partial charge in [0.05, 0.1) is 23.0 Å². The number of nitrogens with zero attached hydrogens (tertiary/aromatic N) is 1. The van der Waals surface area contributed by atoms with Crippen LogP contribution in [0.5, 0.6) is 0 Å². The van der Waals surface area contributed by atoms with Crippen LogP contribution in [0.4, 0.5) is 11.4 Å². The third-order valence-electron chi connectivity index (χ3n) is 5.83. The Morgan fingerprint density at radius 1 is 0.711 bits per heavy atom. The first-order valence-corrected chi connectivity index (χ1v) is 16.2. The van der Waals surface area contributed by atoms with Gasteiger partial charge in [-0.3, -0.25) is 9.44 Å². The Labute approximate surface area is 237 Å². The Hall–Kier alpha value is -2.85. The highest BCUT2D eigenvalue weighted by Gasteiger charge is 2.26. The molecule has 0 bridgehead atoms. The molecule has 0 fully saturated rings. The van der Waals surface area contributed by atoms with Crippen LogP contribution in [0.2, 0.25) is 10.0 Å². The summed E-state index contributed by atoms with van der Waals surface area (Å²) in [7, 11) is -8.27. The molecule has 2 heterocycles. The molecule has 5 aromatic rings. The molecule has 0 atom stereocenters. The second-order valence-electron chi connectivity index (χ2n) is 8.39. The standard InChI is InChI=1S/C25H17Cl2N3O4S4/c1-13-18-10-16(26)4-7-22(18)35-24(13)37(31,32)29-20-6-3-15(12-28)9-21(20)30-38(33,34)25-14(2)19-11-17(27)5-8-23(19)36-25/h3-11,29-30H,1-2H3. The van der Waals surface area contributed by atoms with E-state index in [4.69, 9.17) is 23.2 Å². The van der Waals surface area contributed by atoms with Crippen LogP contribution in [-0.2, 0) is 20.0 Å². The van der Waals surface area contributed by atoms with Crippen LogP contribution in [0.15, 0.2) is 63.0 Å². The summed E-state index contributed by atoms with van der Waals surface area (Å²) in [5, 5.41) is 11.8. The largest absolute Gasteiger partial charge is 0.277 e. The fraction of sp³-hybridized carbons (Fsp3) is 0.0800. The van der Waals surface area contributed by atoms with E-state index in [2.05, 4.69) is 9.44 Å². The molecule has 2 N–H and O–H groups in total. The molecule has 0 aliphatic rings. The smallest absolute Gasteiger partial charge is 0.271 e. The lowest BCUT2D eigenvalue weighted by atomic mass is 10.2. The molecule has 0 saturated carbocycles. The topological polar surface area (TPSA) is 116 Å². The van der Waals surface area contributed by atoms with Gasteiger partial charge in [0.1, 0.15) is 8.42 Å². The monoisotopic (exact) mass is 621 g/mol. The fourth-order valence-electron chi connectivity index (χ4n) is 4.02. The van der Waals surface area contributed by atoms with Crippen LogP contribution in [0, 0.1) is 25.2 Å². The maximum absolute atomic E-state index is 13.5. The minimum Gasteiger partial charge on any atom is -0.277 e.